The predicted octanol–water partition coefficient (Wildman–Crippen LogP) is 3.55. The van der Waals surface area contributed by atoms with E-state index >= 15 is 0 Å². The van der Waals surface area contributed by atoms with Crippen molar-refractivity contribution in [3.8, 4) is 5.40 Å². The molecule has 0 atom stereocenters. The Hall–Kier alpha value is -3.31. The van der Waals surface area contributed by atoms with Crippen molar-refractivity contribution >= 4 is 40.2 Å². The van der Waals surface area contributed by atoms with Crippen molar-refractivity contribution in [1.29, 1.82) is 5.26 Å². The van der Waals surface area contributed by atoms with Crippen LogP contribution in [0.3, 0.4) is 0 Å². The van der Waals surface area contributed by atoms with Crippen molar-refractivity contribution in [1.82, 2.24) is 10.2 Å². The summed E-state index contributed by atoms with van der Waals surface area (Å²) >= 11 is 1.06. The normalized spacial score (nSPS) is 10.4. The van der Waals surface area contributed by atoms with Crippen LogP contribution in [0.1, 0.15) is 21.6 Å². The number of para-hydroxylation sites is 1. The number of H-pyrrole nitrogens is 1. The van der Waals surface area contributed by atoms with Gasteiger partial charge in [0, 0.05) is 16.0 Å². The van der Waals surface area contributed by atoms with Gasteiger partial charge in [0.15, 0.2) is 12.3 Å². The Morgan fingerprint density at radius 2 is 1.96 bits per heavy atom. The third kappa shape index (κ3) is 4.10. The average molecular weight is 380 g/mol. The van der Waals surface area contributed by atoms with Gasteiger partial charge in [-0.3, -0.25) is 9.89 Å². The van der Waals surface area contributed by atoms with Crippen molar-refractivity contribution in [2.24, 2.45) is 0 Å². The number of esters is 1. The lowest BCUT2D eigenvalue weighted by Crippen LogP contribution is -2.22. The van der Waals surface area contributed by atoms with Crippen LogP contribution in [0.5, 0.6) is 0 Å². The number of nitrogens with zero attached hydrogens (tertiary/aromatic N) is 2. The van der Waals surface area contributed by atoms with Gasteiger partial charge in [0.2, 0.25) is 0 Å². The molecule has 2 N–H and O–H groups in total. The minimum Gasteiger partial charge on any atom is -0.451 e. The number of nitriles is 1. The van der Waals surface area contributed by atoms with Crippen molar-refractivity contribution in [2.45, 2.75) is 18.7 Å². The molecule has 0 aliphatic carbocycles. The van der Waals surface area contributed by atoms with E-state index in [1.54, 1.807) is 18.2 Å². The molecule has 0 aliphatic heterocycles. The van der Waals surface area contributed by atoms with Crippen molar-refractivity contribution < 1.29 is 14.3 Å². The topological polar surface area (TPSA) is 108 Å². The number of aromatic amines is 1. The molecule has 0 aliphatic rings. The van der Waals surface area contributed by atoms with Gasteiger partial charge in [0.1, 0.15) is 5.40 Å². The van der Waals surface area contributed by atoms with Gasteiger partial charge >= 0.3 is 5.97 Å². The highest BCUT2D eigenvalue weighted by atomic mass is 32.2. The summed E-state index contributed by atoms with van der Waals surface area (Å²) in [6.45, 7) is 3.26. The average Bonchev–Trinajstić information content (AvgIpc) is 3.07. The zero-order valence-electron chi connectivity index (χ0n) is 14.7. The van der Waals surface area contributed by atoms with E-state index < -0.39 is 18.5 Å². The summed E-state index contributed by atoms with van der Waals surface area (Å²) in [7, 11) is 0. The Kier molecular flexibility index (Phi) is 5.43. The Balaban J connectivity index is 1.65. The second-order valence-electron chi connectivity index (χ2n) is 5.87. The monoisotopic (exact) mass is 380 g/mol. The number of fused-ring (bicyclic) bond motifs is 1. The lowest BCUT2D eigenvalue weighted by atomic mass is 10.1. The molecule has 3 aromatic rings. The third-order valence-corrected chi connectivity index (χ3v) is 4.49. The van der Waals surface area contributed by atoms with E-state index in [1.165, 1.54) is 0 Å². The van der Waals surface area contributed by atoms with E-state index in [0.717, 1.165) is 33.3 Å². The Labute approximate surface area is 159 Å². The van der Waals surface area contributed by atoms with Gasteiger partial charge in [-0.1, -0.05) is 18.2 Å². The molecule has 27 heavy (non-hydrogen) atoms. The number of hydrogen-bond donors (Lipinski definition) is 2. The molecule has 1 aromatic heterocycles. The molecule has 1 amide bonds. The molecule has 0 saturated carbocycles. The summed E-state index contributed by atoms with van der Waals surface area (Å²) in [5, 5.41) is 20.9. The molecule has 0 saturated heterocycles. The van der Waals surface area contributed by atoms with Crippen LogP contribution in [0, 0.1) is 24.5 Å². The first-order valence-corrected chi connectivity index (χ1v) is 8.88. The standard InChI is InChI=1S/C19H16N4O3S/c1-11-7-13(27-10-20)8-12(2)17(11)21-16(24)9-26-19(25)18-14-5-3-4-6-15(14)22-23-18/h3-8H,9H2,1-2H3,(H,21,24)(H,22,23). The number of aromatic nitrogens is 2. The van der Waals surface area contributed by atoms with E-state index in [4.69, 9.17) is 10.00 Å². The van der Waals surface area contributed by atoms with Crippen LogP contribution in [0.25, 0.3) is 10.9 Å². The number of thioether (sulfide) groups is 1. The quantitative estimate of drug-likeness (QED) is 0.398. The first kappa shape index (κ1) is 18.5. The number of ether oxygens (including phenoxy) is 1. The summed E-state index contributed by atoms with van der Waals surface area (Å²) < 4.78 is 5.09. The maximum atomic E-state index is 12.2. The molecular formula is C19H16N4O3S. The van der Waals surface area contributed by atoms with Gasteiger partial charge in [0.25, 0.3) is 5.91 Å². The van der Waals surface area contributed by atoms with Crippen LogP contribution in [0.4, 0.5) is 5.69 Å². The maximum absolute atomic E-state index is 12.2. The number of nitrogens with one attached hydrogen (secondary N) is 2. The van der Waals surface area contributed by atoms with Gasteiger partial charge in [-0.25, -0.2) is 4.79 Å². The summed E-state index contributed by atoms with van der Waals surface area (Å²) in [6.07, 6.45) is 0. The number of rotatable bonds is 5. The van der Waals surface area contributed by atoms with Gasteiger partial charge in [0.05, 0.1) is 5.52 Å². The van der Waals surface area contributed by atoms with Crippen molar-refractivity contribution in [2.75, 3.05) is 11.9 Å². The Morgan fingerprint density at radius 3 is 2.67 bits per heavy atom. The minimum atomic E-state index is -0.670. The lowest BCUT2D eigenvalue weighted by molar-refractivity contribution is -0.119. The molecule has 3 rings (SSSR count). The second-order valence-corrected chi connectivity index (χ2v) is 6.73. The highest BCUT2D eigenvalue weighted by Crippen LogP contribution is 2.27. The van der Waals surface area contributed by atoms with Crippen molar-refractivity contribution in [3.63, 3.8) is 0 Å². The third-order valence-electron chi connectivity index (χ3n) is 3.93. The number of hydrogen-bond acceptors (Lipinski definition) is 6. The van der Waals surface area contributed by atoms with Crippen LogP contribution in [-0.4, -0.2) is 28.7 Å². The number of anilines is 1. The van der Waals surface area contributed by atoms with E-state index in [1.807, 2.05) is 37.4 Å². The van der Waals surface area contributed by atoms with Crippen LogP contribution in [-0.2, 0) is 9.53 Å². The zero-order valence-corrected chi connectivity index (χ0v) is 15.5. The number of aryl methyl sites for hydroxylation is 2. The summed E-state index contributed by atoms with van der Waals surface area (Å²) in [4.78, 5) is 25.2. The van der Waals surface area contributed by atoms with Crippen LogP contribution < -0.4 is 5.32 Å². The van der Waals surface area contributed by atoms with E-state index in [9.17, 15) is 9.59 Å². The molecule has 7 nitrogen and oxygen atoms in total. The summed E-state index contributed by atoms with van der Waals surface area (Å²) in [6, 6.07) is 10.8. The first-order valence-electron chi connectivity index (χ1n) is 8.07. The van der Waals surface area contributed by atoms with Crippen LogP contribution >= 0.6 is 11.8 Å². The SMILES string of the molecule is Cc1cc(SC#N)cc(C)c1NC(=O)COC(=O)c1n[nH]c2ccccc12. The molecule has 1 heterocycles. The van der Waals surface area contributed by atoms with E-state index in [2.05, 4.69) is 15.5 Å². The van der Waals surface area contributed by atoms with Crippen molar-refractivity contribution in [3.05, 3.63) is 53.2 Å². The van der Waals surface area contributed by atoms with Crippen LogP contribution in [0.2, 0.25) is 0 Å². The summed E-state index contributed by atoms with van der Waals surface area (Å²) in [5.74, 6) is -1.12. The molecule has 136 valence electrons. The number of benzene rings is 2. The molecule has 0 spiro atoms. The number of thiocyanates is 1. The largest absolute Gasteiger partial charge is 0.451 e. The molecule has 0 radical (unpaired) electrons. The zero-order chi connectivity index (χ0) is 19.4. The fourth-order valence-electron chi connectivity index (χ4n) is 2.73. The molecule has 2 aromatic carbocycles. The minimum absolute atomic E-state index is 0.142. The molecule has 8 heteroatoms. The van der Waals surface area contributed by atoms with Gasteiger partial charge in [-0.2, -0.15) is 10.4 Å². The maximum Gasteiger partial charge on any atom is 0.359 e. The summed E-state index contributed by atoms with van der Waals surface area (Å²) in [5.41, 5.74) is 3.15. The molecule has 0 bridgehead atoms. The lowest BCUT2D eigenvalue weighted by Gasteiger charge is -2.13. The fraction of sp³-hybridized carbons (Fsp3) is 0.158. The fourth-order valence-corrected chi connectivity index (χ4v) is 3.30. The Morgan fingerprint density at radius 1 is 1.26 bits per heavy atom. The number of carbonyl (C=O) groups excluding carboxylic acids is 2. The molecule has 0 fully saturated rings. The number of amides is 1. The number of carbonyl (C=O) groups is 2. The molecule has 0 unspecified atom stereocenters. The second kappa shape index (κ2) is 7.93. The first-order chi connectivity index (χ1) is 13.0. The van der Waals surface area contributed by atoms with Crippen LogP contribution in [0.15, 0.2) is 41.3 Å². The van der Waals surface area contributed by atoms with Gasteiger partial charge in [-0.15, -0.1) is 0 Å². The molecular weight excluding hydrogens is 364 g/mol. The van der Waals surface area contributed by atoms with Gasteiger partial charge in [-0.05, 0) is 54.9 Å². The highest BCUT2D eigenvalue weighted by Gasteiger charge is 2.17. The van der Waals surface area contributed by atoms with Gasteiger partial charge < -0.3 is 10.1 Å². The predicted molar refractivity (Wildman–Crippen MR) is 102 cm³/mol. The smallest absolute Gasteiger partial charge is 0.359 e. The van der Waals surface area contributed by atoms with E-state index in [-0.39, 0.29) is 5.69 Å². The Bertz CT molecular complexity index is 1050. The van der Waals surface area contributed by atoms with E-state index in [0.29, 0.717) is 11.1 Å². The highest BCUT2D eigenvalue weighted by molar-refractivity contribution is 8.03.